The third-order valence-corrected chi connectivity index (χ3v) is 4.49. The number of aromatic nitrogens is 1. The van der Waals surface area contributed by atoms with Crippen LogP contribution in [0.15, 0.2) is 48.7 Å². The Kier molecular flexibility index (Phi) is 5.26. The molecule has 27 heavy (non-hydrogen) atoms. The maximum absolute atomic E-state index is 13.0. The van der Waals surface area contributed by atoms with Crippen LogP contribution >= 0.6 is 0 Å². The maximum atomic E-state index is 13.0. The van der Waals surface area contributed by atoms with Crippen molar-refractivity contribution in [2.24, 2.45) is 0 Å². The lowest BCUT2D eigenvalue weighted by Gasteiger charge is -2.10. The minimum absolute atomic E-state index is 0.282. The van der Waals surface area contributed by atoms with E-state index in [0.717, 1.165) is 11.1 Å². The molecule has 3 nitrogen and oxygen atoms in total. The van der Waals surface area contributed by atoms with Gasteiger partial charge in [-0.15, -0.1) is 0 Å². The van der Waals surface area contributed by atoms with Crippen LogP contribution < -0.4 is 4.74 Å². The SMILES string of the molecule is CCc1cccc2c(C(=O)C(F)(F)F)cn(CCOc3ccc(C)cc3)c12. The highest BCUT2D eigenvalue weighted by molar-refractivity contribution is 6.11. The quantitative estimate of drug-likeness (QED) is 0.545. The number of nitrogens with zero attached hydrogens (tertiary/aromatic N) is 1. The number of hydrogen-bond donors (Lipinski definition) is 0. The Bertz CT molecular complexity index is 956. The Hall–Kier alpha value is -2.76. The van der Waals surface area contributed by atoms with Gasteiger partial charge >= 0.3 is 6.18 Å². The number of benzene rings is 2. The summed E-state index contributed by atoms with van der Waals surface area (Å²) in [5, 5.41) is 0.326. The normalized spacial score (nSPS) is 11.7. The van der Waals surface area contributed by atoms with Crippen molar-refractivity contribution >= 4 is 16.7 Å². The van der Waals surface area contributed by atoms with Gasteiger partial charge in [0.1, 0.15) is 12.4 Å². The Labute approximate surface area is 155 Å². The molecule has 6 heteroatoms. The molecule has 0 N–H and O–H groups in total. The minimum atomic E-state index is -4.90. The van der Waals surface area contributed by atoms with Crippen LogP contribution in [0.4, 0.5) is 13.2 Å². The Morgan fingerprint density at radius 2 is 1.81 bits per heavy atom. The Morgan fingerprint density at radius 1 is 1.11 bits per heavy atom. The van der Waals surface area contributed by atoms with E-state index in [1.807, 2.05) is 44.2 Å². The number of carbonyl (C=O) groups excluding carboxylic acids is 1. The van der Waals surface area contributed by atoms with Crippen molar-refractivity contribution < 1.29 is 22.7 Å². The van der Waals surface area contributed by atoms with Gasteiger partial charge in [-0.25, -0.2) is 0 Å². The zero-order valence-corrected chi connectivity index (χ0v) is 15.1. The number of Topliss-reactive ketones (excluding diaryl/α,β-unsaturated/α-hetero) is 1. The predicted octanol–water partition coefficient (Wildman–Crippen LogP) is 5.34. The average Bonchev–Trinajstić information content (AvgIpc) is 3.00. The molecule has 0 bridgehead atoms. The lowest BCUT2D eigenvalue weighted by molar-refractivity contribution is -0.0884. The summed E-state index contributed by atoms with van der Waals surface area (Å²) in [4.78, 5) is 11.9. The lowest BCUT2D eigenvalue weighted by Crippen LogP contribution is -2.22. The predicted molar refractivity (Wildman–Crippen MR) is 98.4 cm³/mol. The van der Waals surface area contributed by atoms with Crippen LogP contribution in [-0.2, 0) is 13.0 Å². The Morgan fingerprint density at radius 3 is 2.44 bits per heavy atom. The van der Waals surface area contributed by atoms with Gasteiger partial charge in [0.15, 0.2) is 0 Å². The number of aryl methyl sites for hydroxylation is 2. The second-order valence-corrected chi connectivity index (χ2v) is 6.39. The Balaban J connectivity index is 1.92. The van der Waals surface area contributed by atoms with Gasteiger partial charge < -0.3 is 9.30 Å². The van der Waals surface area contributed by atoms with E-state index in [9.17, 15) is 18.0 Å². The van der Waals surface area contributed by atoms with Gasteiger partial charge in [0.05, 0.1) is 17.6 Å². The fourth-order valence-corrected chi connectivity index (χ4v) is 3.13. The first-order valence-electron chi connectivity index (χ1n) is 8.73. The first-order valence-corrected chi connectivity index (χ1v) is 8.73. The number of fused-ring (bicyclic) bond motifs is 1. The number of alkyl halides is 3. The molecule has 0 saturated heterocycles. The van der Waals surface area contributed by atoms with Crippen LogP contribution in [-0.4, -0.2) is 23.1 Å². The van der Waals surface area contributed by atoms with Gasteiger partial charge in [-0.1, -0.05) is 42.8 Å². The summed E-state index contributed by atoms with van der Waals surface area (Å²) in [7, 11) is 0. The fourth-order valence-electron chi connectivity index (χ4n) is 3.13. The number of ketones is 1. The smallest absolute Gasteiger partial charge is 0.454 e. The molecule has 0 saturated carbocycles. The van der Waals surface area contributed by atoms with Gasteiger partial charge in [-0.3, -0.25) is 4.79 Å². The molecule has 3 aromatic rings. The number of para-hydroxylation sites is 1. The van der Waals surface area contributed by atoms with Gasteiger partial charge in [0, 0.05) is 11.6 Å². The minimum Gasteiger partial charge on any atom is -0.492 e. The molecule has 0 aliphatic carbocycles. The van der Waals surface area contributed by atoms with E-state index in [1.165, 1.54) is 6.20 Å². The zero-order chi connectivity index (χ0) is 19.6. The summed E-state index contributed by atoms with van der Waals surface area (Å²) in [6.45, 7) is 4.53. The zero-order valence-electron chi connectivity index (χ0n) is 15.1. The van der Waals surface area contributed by atoms with Gasteiger partial charge in [0.25, 0.3) is 5.78 Å². The van der Waals surface area contributed by atoms with Crippen molar-refractivity contribution in [3.8, 4) is 5.75 Å². The van der Waals surface area contributed by atoms with E-state index in [4.69, 9.17) is 4.74 Å². The van der Waals surface area contributed by atoms with Crippen molar-refractivity contribution in [3.05, 3.63) is 65.4 Å². The van der Waals surface area contributed by atoms with Crippen molar-refractivity contribution in [2.75, 3.05) is 6.61 Å². The summed E-state index contributed by atoms with van der Waals surface area (Å²) in [5.41, 5.74) is 2.34. The van der Waals surface area contributed by atoms with Crippen LogP contribution in [0.2, 0.25) is 0 Å². The number of carbonyl (C=O) groups is 1. The van der Waals surface area contributed by atoms with Gasteiger partial charge in [-0.05, 0) is 31.0 Å². The fraction of sp³-hybridized carbons (Fsp3) is 0.286. The third kappa shape index (κ3) is 3.99. The molecule has 0 amide bonds. The summed E-state index contributed by atoms with van der Waals surface area (Å²) in [6, 6.07) is 12.7. The molecule has 0 aliphatic rings. The number of ether oxygens (including phenoxy) is 1. The standard InChI is InChI=1S/C21H20F3NO2/c1-3-15-5-4-6-17-18(20(26)21(22,23)24)13-25(19(15)17)11-12-27-16-9-7-14(2)8-10-16/h4-10,13H,3,11-12H2,1-2H3. The van der Waals surface area contributed by atoms with Crippen molar-refractivity contribution in [3.63, 3.8) is 0 Å². The number of halogens is 3. The van der Waals surface area contributed by atoms with E-state index in [1.54, 1.807) is 16.7 Å². The highest BCUT2D eigenvalue weighted by Crippen LogP contribution is 2.30. The van der Waals surface area contributed by atoms with Crippen LogP contribution in [0.5, 0.6) is 5.75 Å². The van der Waals surface area contributed by atoms with E-state index >= 15 is 0 Å². The molecule has 2 aromatic carbocycles. The number of rotatable bonds is 6. The van der Waals surface area contributed by atoms with Crippen LogP contribution in [0.25, 0.3) is 10.9 Å². The van der Waals surface area contributed by atoms with Crippen LogP contribution in [0.3, 0.4) is 0 Å². The lowest BCUT2D eigenvalue weighted by atomic mass is 10.0. The maximum Gasteiger partial charge on any atom is 0.454 e. The summed E-state index contributed by atoms with van der Waals surface area (Å²) in [5.74, 6) is -1.13. The summed E-state index contributed by atoms with van der Waals surface area (Å²) in [6.07, 6.45) is -2.96. The second-order valence-electron chi connectivity index (χ2n) is 6.39. The molecule has 0 atom stereocenters. The highest BCUT2D eigenvalue weighted by Gasteiger charge is 2.40. The van der Waals surface area contributed by atoms with Crippen molar-refractivity contribution in [2.45, 2.75) is 33.0 Å². The first kappa shape index (κ1) is 19.0. The molecule has 0 radical (unpaired) electrons. The van der Waals surface area contributed by atoms with Gasteiger partial charge in [-0.2, -0.15) is 13.2 Å². The first-order chi connectivity index (χ1) is 12.8. The molecule has 0 aliphatic heterocycles. The topological polar surface area (TPSA) is 31.2 Å². The third-order valence-electron chi connectivity index (χ3n) is 4.49. The molecular weight excluding hydrogens is 355 g/mol. The van der Waals surface area contributed by atoms with Gasteiger partial charge in [0.2, 0.25) is 0 Å². The van der Waals surface area contributed by atoms with E-state index in [0.29, 0.717) is 29.6 Å². The molecule has 1 heterocycles. The molecule has 1 aromatic heterocycles. The average molecular weight is 375 g/mol. The monoisotopic (exact) mass is 375 g/mol. The second kappa shape index (κ2) is 7.47. The summed E-state index contributed by atoms with van der Waals surface area (Å²) >= 11 is 0. The van der Waals surface area contributed by atoms with E-state index in [-0.39, 0.29) is 12.2 Å². The molecular formula is C21H20F3NO2. The van der Waals surface area contributed by atoms with Crippen LogP contribution in [0.1, 0.15) is 28.4 Å². The molecule has 0 unspecified atom stereocenters. The largest absolute Gasteiger partial charge is 0.492 e. The van der Waals surface area contributed by atoms with E-state index < -0.39 is 12.0 Å². The molecule has 0 spiro atoms. The summed E-state index contributed by atoms with van der Waals surface area (Å²) < 4.78 is 46.3. The highest BCUT2D eigenvalue weighted by atomic mass is 19.4. The molecule has 0 fully saturated rings. The molecule has 142 valence electrons. The van der Waals surface area contributed by atoms with E-state index in [2.05, 4.69) is 0 Å². The number of hydrogen-bond acceptors (Lipinski definition) is 2. The molecule has 3 rings (SSSR count). The van der Waals surface area contributed by atoms with Crippen molar-refractivity contribution in [1.82, 2.24) is 4.57 Å². The van der Waals surface area contributed by atoms with Crippen molar-refractivity contribution in [1.29, 1.82) is 0 Å². The van der Waals surface area contributed by atoms with Crippen LogP contribution in [0, 0.1) is 6.92 Å².